The molecule has 3 nitrogen and oxygen atoms in total. The van der Waals surface area contributed by atoms with Gasteiger partial charge in [-0.05, 0) is 58.6 Å². The Morgan fingerprint density at radius 3 is 1.71 bits per heavy atom. The van der Waals surface area contributed by atoms with Crippen molar-refractivity contribution in [3.63, 3.8) is 0 Å². The average Bonchev–Trinajstić information content (AvgIpc) is 3.86. The van der Waals surface area contributed by atoms with Crippen LogP contribution < -0.4 is 0 Å². The lowest BCUT2D eigenvalue weighted by Crippen LogP contribution is -1.98. The maximum absolute atomic E-state index is 5.22. The minimum atomic E-state index is 1.06. The first-order valence-electron chi connectivity index (χ1n) is 16.6. The van der Waals surface area contributed by atoms with E-state index < -0.39 is 0 Å². The van der Waals surface area contributed by atoms with Crippen LogP contribution in [0.15, 0.2) is 164 Å². The predicted octanol–water partition coefficient (Wildman–Crippen LogP) is 12.5. The molecule has 49 heavy (non-hydrogen) atoms. The SMILES string of the molecule is c1ccc(-c2nc3c(ccc4ccc5cc(-n6c7ccccc7c7ccc8c9ccccc9n(-c9ccccc9)c8c76)ccc5c43)s2)cc1. The van der Waals surface area contributed by atoms with Gasteiger partial charge in [-0.1, -0.05) is 121 Å². The molecule has 0 radical (unpaired) electrons. The molecule has 8 aromatic carbocycles. The van der Waals surface area contributed by atoms with E-state index in [1.54, 1.807) is 11.3 Å². The third-order valence-corrected chi connectivity index (χ3v) is 11.2. The molecule has 0 fully saturated rings. The number of thiazole rings is 1. The highest BCUT2D eigenvalue weighted by molar-refractivity contribution is 7.21. The van der Waals surface area contributed by atoms with Gasteiger partial charge in [0.15, 0.2) is 0 Å². The number of benzene rings is 8. The minimum Gasteiger partial charge on any atom is -0.307 e. The van der Waals surface area contributed by atoms with Crippen molar-refractivity contribution in [2.45, 2.75) is 0 Å². The topological polar surface area (TPSA) is 22.8 Å². The van der Waals surface area contributed by atoms with Crippen molar-refractivity contribution >= 4 is 86.7 Å². The quantitative estimate of drug-likeness (QED) is 0.176. The van der Waals surface area contributed by atoms with Crippen molar-refractivity contribution in [3.05, 3.63) is 164 Å². The summed E-state index contributed by atoms with van der Waals surface area (Å²) in [5.41, 5.74) is 9.38. The zero-order chi connectivity index (χ0) is 32.1. The molecular formula is C45H27N3S. The maximum atomic E-state index is 5.22. The van der Waals surface area contributed by atoms with Crippen LogP contribution in [0.4, 0.5) is 0 Å². The molecule has 11 rings (SSSR count). The van der Waals surface area contributed by atoms with Crippen molar-refractivity contribution in [2.75, 3.05) is 0 Å². The predicted molar refractivity (Wildman–Crippen MR) is 209 cm³/mol. The van der Waals surface area contributed by atoms with E-state index in [0.29, 0.717) is 0 Å². The van der Waals surface area contributed by atoms with Crippen LogP contribution in [-0.4, -0.2) is 14.1 Å². The fraction of sp³-hybridized carbons (Fsp3) is 0. The molecule has 0 amide bonds. The van der Waals surface area contributed by atoms with E-state index in [1.807, 2.05) is 0 Å². The third-order valence-electron chi connectivity index (χ3n) is 10.1. The largest absolute Gasteiger partial charge is 0.307 e. The van der Waals surface area contributed by atoms with Crippen LogP contribution in [0.25, 0.3) is 97.3 Å². The zero-order valence-electron chi connectivity index (χ0n) is 26.3. The van der Waals surface area contributed by atoms with E-state index in [-0.39, 0.29) is 0 Å². The summed E-state index contributed by atoms with van der Waals surface area (Å²) in [6.07, 6.45) is 0. The van der Waals surface area contributed by atoms with Gasteiger partial charge in [0, 0.05) is 43.9 Å². The van der Waals surface area contributed by atoms with Crippen molar-refractivity contribution in [1.82, 2.24) is 14.1 Å². The normalized spacial score (nSPS) is 12.1. The standard InChI is InChI=1S/C45H27N3S/c1-3-11-29(12-4-1)45-46-42-40(49-45)26-21-28-19-20-30-27-32(22-23-33(30)41(28)42)48-39-18-10-8-16-35(39)37-25-24-36-34-15-7-9-17-38(34)47(43(36)44(37)48)31-13-5-2-6-14-31/h1-27H. The molecule has 3 heterocycles. The number of aromatic nitrogens is 3. The van der Waals surface area contributed by atoms with Crippen molar-refractivity contribution in [1.29, 1.82) is 0 Å². The fourth-order valence-corrected chi connectivity index (χ4v) is 8.96. The van der Waals surface area contributed by atoms with Crippen LogP contribution in [0.2, 0.25) is 0 Å². The number of hydrogen-bond donors (Lipinski definition) is 0. The molecule has 228 valence electrons. The number of hydrogen-bond acceptors (Lipinski definition) is 2. The summed E-state index contributed by atoms with van der Waals surface area (Å²) in [6, 6.07) is 59.4. The summed E-state index contributed by atoms with van der Waals surface area (Å²) in [4.78, 5) is 5.22. The number of nitrogens with zero attached hydrogens (tertiary/aromatic N) is 3. The monoisotopic (exact) mass is 641 g/mol. The van der Waals surface area contributed by atoms with Crippen molar-refractivity contribution < 1.29 is 0 Å². The van der Waals surface area contributed by atoms with Crippen LogP contribution in [0, 0.1) is 0 Å². The van der Waals surface area contributed by atoms with Gasteiger partial charge in [0.1, 0.15) is 5.01 Å². The lowest BCUT2D eigenvalue weighted by molar-refractivity contribution is 1.15. The molecule has 4 heteroatoms. The first kappa shape index (κ1) is 26.8. The minimum absolute atomic E-state index is 1.06. The second-order valence-corrected chi connectivity index (χ2v) is 13.8. The highest BCUT2D eigenvalue weighted by Gasteiger charge is 2.21. The van der Waals surface area contributed by atoms with E-state index in [9.17, 15) is 0 Å². The first-order valence-corrected chi connectivity index (χ1v) is 17.5. The smallest absolute Gasteiger partial charge is 0.124 e. The Balaban J connectivity index is 1.23. The van der Waals surface area contributed by atoms with Crippen LogP contribution in [-0.2, 0) is 0 Å². The van der Waals surface area contributed by atoms with Crippen LogP contribution in [0.5, 0.6) is 0 Å². The lowest BCUT2D eigenvalue weighted by atomic mass is 10.0. The summed E-state index contributed by atoms with van der Waals surface area (Å²) in [5.74, 6) is 0. The summed E-state index contributed by atoms with van der Waals surface area (Å²) in [5, 5.41) is 10.9. The summed E-state index contributed by atoms with van der Waals surface area (Å²) in [6.45, 7) is 0. The molecule has 0 spiro atoms. The first-order chi connectivity index (χ1) is 24.3. The second-order valence-electron chi connectivity index (χ2n) is 12.8. The summed E-state index contributed by atoms with van der Waals surface area (Å²) in [7, 11) is 0. The molecule has 0 bridgehead atoms. The molecule has 0 saturated carbocycles. The molecule has 11 aromatic rings. The number of rotatable bonds is 3. The molecular weight excluding hydrogens is 615 g/mol. The molecule has 0 aliphatic carbocycles. The van der Waals surface area contributed by atoms with E-state index in [4.69, 9.17) is 4.98 Å². The molecule has 0 N–H and O–H groups in total. The van der Waals surface area contributed by atoms with Crippen molar-refractivity contribution in [3.8, 4) is 21.9 Å². The van der Waals surface area contributed by atoms with E-state index in [2.05, 4.69) is 173 Å². The Bertz CT molecular complexity index is 3090. The number of fused-ring (bicyclic) bond motifs is 12. The van der Waals surface area contributed by atoms with Gasteiger partial charge in [0.05, 0.1) is 32.3 Å². The van der Waals surface area contributed by atoms with Gasteiger partial charge < -0.3 is 9.13 Å². The highest BCUT2D eigenvalue weighted by Crippen LogP contribution is 2.43. The Morgan fingerprint density at radius 2 is 1.00 bits per heavy atom. The van der Waals surface area contributed by atoms with Gasteiger partial charge in [-0.25, -0.2) is 4.98 Å². The van der Waals surface area contributed by atoms with Crippen LogP contribution in [0.1, 0.15) is 0 Å². The van der Waals surface area contributed by atoms with Gasteiger partial charge in [0.25, 0.3) is 0 Å². The Morgan fingerprint density at radius 1 is 0.429 bits per heavy atom. The van der Waals surface area contributed by atoms with Gasteiger partial charge >= 0.3 is 0 Å². The van der Waals surface area contributed by atoms with E-state index in [0.717, 1.165) is 27.5 Å². The molecule has 0 aliphatic heterocycles. The van der Waals surface area contributed by atoms with Crippen molar-refractivity contribution in [2.24, 2.45) is 0 Å². The molecule has 0 saturated heterocycles. The Labute approximate surface area is 285 Å². The highest BCUT2D eigenvalue weighted by atomic mass is 32.1. The summed E-state index contributed by atoms with van der Waals surface area (Å²) < 4.78 is 6.13. The molecule has 0 atom stereocenters. The molecule has 3 aromatic heterocycles. The Kier molecular flexibility index (Phi) is 5.54. The van der Waals surface area contributed by atoms with E-state index in [1.165, 1.54) is 69.9 Å². The maximum Gasteiger partial charge on any atom is 0.124 e. The second kappa shape index (κ2) is 10.1. The average molecular weight is 642 g/mol. The number of para-hydroxylation sites is 3. The molecule has 0 aliphatic rings. The van der Waals surface area contributed by atoms with E-state index >= 15 is 0 Å². The zero-order valence-corrected chi connectivity index (χ0v) is 27.2. The van der Waals surface area contributed by atoms with Gasteiger partial charge in [0.2, 0.25) is 0 Å². The lowest BCUT2D eigenvalue weighted by Gasteiger charge is -2.14. The van der Waals surface area contributed by atoms with Crippen LogP contribution in [0.3, 0.4) is 0 Å². The molecule has 0 unspecified atom stereocenters. The summed E-state index contributed by atoms with van der Waals surface area (Å²) >= 11 is 1.76. The van der Waals surface area contributed by atoms with Gasteiger partial charge in [-0.2, -0.15) is 0 Å². The van der Waals surface area contributed by atoms with Gasteiger partial charge in [-0.3, -0.25) is 0 Å². The third kappa shape index (κ3) is 3.80. The van der Waals surface area contributed by atoms with Crippen LogP contribution >= 0.6 is 11.3 Å². The fourth-order valence-electron chi connectivity index (χ4n) is 7.98. The van der Waals surface area contributed by atoms with Gasteiger partial charge in [-0.15, -0.1) is 11.3 Å². The Hall–Kier alpha value is -6.23.